The highest BCUT2D eigenvalue weighted by molar-refractivity contribution is 7.10. The maximum Gasteiger partial charge on any atom is 0.308 e. The monoisotopic (exact) mass is 253 g/mol. The number of carboxylic acids is 1. The molecule has 0 radical (unpaired) electrons. The van der Waals surface area contributed by atoms with Gasteiger partial charge in [-0.1, -0.05) is 0 Å². The SMILES string of the molecule is Cc1ccsc1C1C(C(=O)O)CCC(=O)N1C. The lowest BCUT2D eigenvalue weighted by Crippen LogP contribution is -2.42. The molecule has 2 unspecified atom stereocenters. The molecule has 4 nitrogen and oxygen atoms in total. The number of hydrogen-bond donors (Lipinski definition) is 1. The lowest BCUT2D eigenvalue weighted by molar-refractivity contribution is -0.150. The molecule has 0 bridgehead atoms. The Morgan fingerprint density at radius 1 is 1.59 bits per heavy atom. The first-order chi connectivity index (χ1) is 8.02. The average Bonchev–Trinajstić information content (AvgIpc) is 2.68. The van der Waals surface area contributed by atoms with Crippen LogP contribution < -0.4 is 0 Å². The van der Waals surface area contributed by atoms with Crippen LogP contribution >= 0.6 is 11.3 Å². The van der Waals surface area contributed by atoms with Crippen molar-refractivity contribution in [1.29, 1.82) is 0 Å². The summed E-state index contributed by atoms with van der Waals surface area (Å²) in [6.07, 6.45) is 0.759. The molecule has 92 valence electrons. The fourth-order valence-corrected chi connectivity index (χ4v) is 3.48. The van der Waals surface area contributed by atoms with Crippen LogP contribution in [0, 0.1) is 12.8 Å². The number of aryl methyl sites for hydroxylation is 1. The Kier molecular flexibility index (Phi) is 3.19. The van der Waals surface area contributed by atoms with E-state index in [1.165, 1.54) is 11.3 Å². The second-order valence-electron chi connectivity index (χ2n) is 4.40. The molecule has 5 heteroatoms. The summed E-state index contributed by atoms with van der Waals surface area (Å²) in [5, 5.41) is 11.2. The number of likely N-dealkylation sites (tertiary alicyclic amines) is 1. The Morgan fingerprint density at radius 2 is 2.29 bits per heavy atom. The number of thiophene rings is 1. The number of nitrogens with zero attached hydrogens (tertiary/aromatic N) is 1. The molecule has 2 heterocycles. The van der Waals surface area contributed by atoms with E-state index >= 15 is 0 Å². The van der Waals surface area contributed by atoms with E-state index in [2.05, 4.69) is 0 Å². The van der Waals surface area contributed by atoms with Gasteiger partial charge < -0.3 is 10.0 Å². The summed E-state index contributed by atoms with van der Waals surface area (Å²) in [4.78, 5) is 25.6. The van der Waals surface area contributed by atoms with Crippen molar-refractivity contribution in [3.63, 3.8) is 0 Å². The van der Waals surface area contributed by atoms with Gasteiger partial charge in [0.2, 0.25) is 5.91 Å². The second kappa shape index (κ2) is 4.49. The Labute approximate surface area is 104 Å². The van der Waals surface area contributed by atoms with Gasteiger partial charge in [-0.2, -0.15) is 0 Å². The normalized spacial score (nSPS) is 25.1. The number of carbonyl (C=O) groups excluding carboxylic acids is 1. The Bertz CT molecular complexity index is 454. The van der Waals surface area contributed by atoms with Crippen molar-refractivity contribution in [3.05, 3.63) is 21.9 Å². The van der Waals surface area contributed by atoms with Crippen molar-refractivity contribution in [2.75, 3.05) is 7.05 Å². The summed E-state index contributed by atoms with van der Waals surface area (Å²) < 4.78 is 0. The van der Waals surface area contributed by atoms with E-state index in [4.69, 9.17) is 0 Å². The number of rotatable bonds is 2. The predicted octanol–water partition coefficient (Wildman–Crippen LogP) is 2.05. The molecule has 1 aliphatic heterocycles. The van der Waals surface area contributed by atoms with Crippen molar-refractivity contribution in [2.45, 2.75) is 25.8 Å². The Hall–Kier alpha value is -1.36. The van der Waals surface area contributed by atoms with E-state index in [1.807, 2.05) is 18.4 Å². The highest BCUT2D eigenvalue weighted by Crippen LogP contribution is 2.39. The van der Waals surface area contributed by atoms with Crippen molar-refractivity contribution in [3.8, 4) is 0 Å². The molecule has 2 atom stereocenters. The maximum atomic E-state index is 11.7. The lowest BCUT2D eigenvalue weighted by atomic mass is 9.87. The summed E-state index contributed by atoms with van der Waals surface area (Å²) in [6.45, 7) is 1.96. The standard InChI is InChI=1S/C12H15NO3S/c1-7-5-6-17-11(7)10-8(12(15)16)3-4-9(14)13(10)2/h5-6,8,10H,3-4H2,1-2H3,(H,15,16). The summed E-state index contributed by atoms with van der Waals surface area (Å²) in [5.74, 6) is -1.28. The molecule has 0 saturated carbocycles. The Morgan fingerprint density at radius 3 is 2.82 bits per heavy atom. The van der Waals surface area contributed by atoms with Gasteiger partial charge in [-0.25, -0.2) is 0 Å². The molecule has 1 fully saturated rings. The molecule has 1 amide bonds. The fourth-order valence-electron chi connectivity index (χ4n) is 2.34. The van der Waals surface area contributed by atoms with Crippen LogP contribution in [0.5, 0.6) is 0 Å². The van der Waals surface area contributed by atoms with Crippen LogP contribution in [0.4, 0.5) is 0 Å². The second-order valence-corrected chi connectivity index (χ2v) is 5.35. The highest BCUT2D eigenvalue weighted by Gasteiger charge is 2.39. The molecular weight excluding hydrogens is 238 g/mol. The smallest absolute Gasteiger partial charge is 0.308 e. The fraction of sp³-hybridized carbons (Fsp3) is 0.500. The zero-order chi connectivity index (χ0) is 12.6. The number of amides is 1. The van der Waals surface area contributed by atoms with E-state index in [0.29, 0.717) is 12.8 Å². The van der Waals surface area contributed by atoms with Crippen molar-refractivity contribution >= 4 is 23.2 Å². The number of carboxylic acid groups (broad SMARTS) is 1. The molecule has 0 aromatic carbocycles. The van der Waals surface area contributed by atoms with Crippen LogP contribution in [0.3, 0.4) is 0 Å². The summed E-state index contributed by atoms with van der Waals surface area (Å²) in [6, 6.07) is 1.65. The zero-order valence-corrected chi connectivity index (χ0v) is 10.7. The van der Waals surface area contributed by atoms with Gasteiger partial charge in [-0.05, 0) is 30.4 Å². The van der Waals surface area contributed by atoms with Gasteiger partial charge in [0.25, 0.3) is 0 Å². The minimum Gasteiger partial charge on any atom is -0.481 e. The predicted molar refractivity (Wildman–Crippen MR) is 64.9 cm³/mol. The van der Waals surface area contributed by atoms with Crippen LogP contribution in [0.1, 0.15) is 29.3 Å². The number of piperidine rings is 1. The third-order valence-corrected chi connectivity index (χ3v) is 4.44. The molecule has 1 aromatic heterocycles. The summed E-state index contributed by atoms with van der Waals surface area (Å²) >= 11 is 1.53. The summed E-state index contributed by atoms with van der Waals surface area (Å²) in [7, 11) is 1.70. The van der Waals surface area contributed by atoms with Crippen molar-refractivity contribution < 1.29 is 14.7 Å². The number of hydrogen-bond acceptors (Lipinski definition) is 3. The van der Waals surface area contributed by atoms with Crippen LogP contribution in [-0.2, 0) is 9.59 Å². The molecule has 1 aliphatic rings. The van der Waals surface area contributed by atoms with E-state index in [1.54, 1.807) is 11.9 Å². The van der Waals surface area contributed by atoms with E-state index in [9.17, 15) is 14.7 Å². The highest BCUT2D eigenvalue weighted by atomic mass is 32.1. The van der Waals surface area contributed by atoms with Crippen LogP contribution in [0.15, 0.2) is 11.4 Å². The van der Waals surface area contributed by atoms with Gasteiger partial charge >= 0.3 is 5.97 Å². The molecule has 1 aromatic rings. The minimum atomic E-state index is -0.817. The molecule has 1 N–H and O–H groups in total. The Balaban J connectivity index is 2.40. The van der Waals surface area contributed by atoms with Crippen molar-refractivity contribution in [1.82, 2.24) is 4.90 Å². The van der Waals surface area contributed by atoms with Gasteiger partial charge in [0.15, 0.2) is 0 Å². The van der Waals surface area contributed by atoms with Gasteiger partial charge in [0, 0.05) is 18.3 Å². The number of aliphatic carboxylic acids is 1. The molecule has 17 heavy (non-hydrogen) atoms. The van der Waals surface area contributed by atoms with Gasteiger partial charge in [-0.15, -0.1) is 11.3 Å². The lowest BCUT2D eigenvalue weighted by Gasteiger charge is -2.36. The maximum absolute atomic E-state index is 11.7. The molecule has 0 spiro atoms. The molecule has 0 aliphatic carbocycles. The minimum absolute atomic E-state index is 0.0281. The first-order valence-corrected chi connectivity index (χ1v) is 6.42. The van der Waals surface area contributed by atoms with Gasteiger partial charge in [0.1, 0.15) is 0 Å². The first-order valence-electron chi connectivity index (χ1n) is 5.55. The van der Waals surface area contributed by atoms with E-state index < -0.39 is 11.9 Å². The van der Waals surface area contributed by atoms with Gasteiger partial charge in [0.05, 0.1) is 12.0 Å². The summed E-state index contributed by atoms with van der Waals surface area (Å²) in [5.41, 5.74) is 1.06. The van der Waals surface area contributed by atoms with Gasteiger partial charge in [-0.3, -0.25) is 9.59 Å². The van der Waals surface area contributed by atoms with Crippen molar-refractivity contribution in [2.24, 2.45) is 5.92 Å². The first kappa shape index (κ1) is 12.1. The molecule has 2 rings (SSSR count). The van der Waals surface area contributed by atoms with E-state index in [-0.39, 0.29) is 11.9 Å². The van der Waals surface area contributed by atoms with Crippen LogP contribution in [0.25, 0.3) is 0 Å². The molecular formula is C12H15NO3S. The average molecular weight is 253 g/mol. The molecule has 1 saturated heterocycles. The number of carbonyl (C=O) groups is 2. The zero-order valence-electron chi connectivity index (χ0n) is 9.84. The third kappa shape index (κ3) is 2.07. The van der Waals surface area contributed by atoms with Crippen LogP contribution in [0.2, 0.25) is 0 Å². The quantitative estimate of drug-likeness (QED) is 0.877. The topological polar surface area (TPSA) is 57.6 Å². The largest absolute Gasteiger partial charge is 0.481 e. The van der Waals surface area contributed by atoms with Crippen LogP contribution in [-0.4, -0.2) is 28.9 Å². The third-order valence-electron chi connectivity index (χ3n) is 3.35. The van der Waals surface area contributed by atoms with E-state index in [0.717, 1.165) is 10.4 Å².